The Hall–Kier alpha value is -2.14. The summed E-state index contributed by atoms with van der Waals surface area (Å²) < 4.78 is 2.60. The second-order valence-electron chi connectivity index (χ2n) is 5.39. The Morgan fingerprint density at radius 1 is 1.14 bits per heavy atom. The molecule has 5 nitrogen and oxygen atoms in total. The van der Waals surface area contributed by atoms with E-state index in [1.165, 1.54) is 28.8 Å². The van der Waals surface area contributed by atoms with Crippen LogP contribution in [0.1, 0.15) is 29.8 Å². The number of nitrogens with one attached hydrogen (secondary N) is 1. The fourth-order valence-corrected chi connectivity index (χ4v) is 2.26. The van der Waals surface area contributed by atoms with E-state index in [9.17, 15) is 9.59 Å². The SMILES string of the molecule is Cc1cccc([C@@H](C)NCc2cc(=O)n(C)c(=O)n2C)c1. The summed E-state index contributed by atoms with van der Waals surface area (Å²) in [5.41, 5.74) is 2.49. The average Bonchev–Trinajstić information content (AvgIpc) is 2.47. The molecule has 0 radical (unpaired) electrons. The molecule has 0 bridgehead atoms. The van der Waals surface area contributed by atoms with E-state index in [-0.39, 0.29) is 17.3 Å². The average molecular weight is 287 g/mol. The highest BCUT2D eigenvalue weighted by atomic mass is 16.2. The van der Waals surface area contributed by atoms with Crippen molar-refractivity contribution in [2.75, 3.05) is 0 Å². The van der Waals surface area contributed by atoms with Crippen LogP contribution in [0.4, 0.5) is 0 Å². The quantitative estimate of drug-likeness (QED) is 0.920. The van der Waals surface area contributed by atoms with E-state index in [4.69, 9.17) is 0 Å². The lowest BCUT2D eigenvalue weighted by atomic mass is 10.1. The molecule has 1 aromatic heterocycles. The topological polar surface area (TPSA) is 56.0 Å². The van der Waals surface area contributed by atoms with E-state index in [1.54, 1.807) is 7.05 Å². The van der Waals surface area contributed by atoms with Crippen LogP contribution >= 0.6 is 0 Å². The molecule has 0 fully saturated rings. The Kier molecular flexibility index (Phi) is 4.43. The van der Waals surface area contributed by atoms with Gasteiger partial charge in [0.25, 0.3) is 5.56 Å². The maximum Gasteiger partial charge on any atom is 0.330 e. The van der Waals surface area contributed by atoms with Gasteiger partial charge in [-0.05, 0) is 19.4 Å². The van der Waals surface area contributed by atoms with Crippen LogP contribution in [0.3, 0.4) is 0 Å². The molecule has 2 rings (SSSR count). The van der Waals surface area contributed by atoms with Crippen molar-refractivity contribution >= 4 is 0 Å². The van der Waals surface area contributed by atoms with Crippen LogP contribution in [0.25, 0.3) is 0 Å². The number of hydrogen-bond acceptors (Lipinski definition) is 3. The smallest absolute Gasteiger partial charge is 0.305 e. The highest BCUT2D eigenvalue weighted by Gasteiger charge is 2.09. The summed E-state index contributed by atoms with van der Waals surface area (Å²) in [4.78, 5) is 23.6. The fraction of sp³-hybridized carbons (Fsp3) is 0.375. The Balaban J connectivity index is 2.17. The monoisotopic (exact) mass is 287 g/mol. The number of rotatable bonds is 4. The molecule has 5 heteroatoms. The minimum absolute atomic E-state index is 0.143. The first-order chi connectivity index (χ1) is 9.90. The fourth-order valence-electron chi connectivity index (χ4n) is 2.26. The van der Waals surface area contributed by atoms with Crippen molar-refractivity contribution in [2.45, 2.75) is 26.4 Å². The van der Waals surface area contributed by atoms with Crippen molar-refractivity contribution in [1.29, 1.82) is 0 Å². The van der Waals surface area contributed by atoms with Crippen LogP contribution in [0.2, 0.25) is 0 Å². The third-order valence-corrected chi connectivity index (χ3v) is 3.76. The first kappa shape index (κ1) is 15.3. The van der Waals surface area contributed by atoms with Gasteiger partial charge in [-0.2, -0.15) is 0 Å². The summed E-state index contributed by atoms with van der Waals surface area (Å²) in [7, 11) is 3.16. The van der Waals surface area contributed by atoms with Crippen molar-refractivity contribution in [3.63, 3.8) is 0 Å². The zero-order chi connectivity index (χ0) is 15.6. The molecule has 21 heavy (non-hydrogen) atoms. The lowest BCUT2D eigenvalue weighted by molar-refractivity contribution is 0.540. The minimum Gasteiger partial charge on any atom is -0.305 e. The van der Waals surface area contributed by atoms with E-state index in [1.807, 2.05) is 6.07 Å². The summed E-state index contributed by atoms with van der Waals surface area (Å²) in [6, 6.07) is 9.91. The van der Waals surface area contributed by atoms with E-state index in [0.717, 1.165) is 4.57 Å². The molecular weight excluding hydrogens is 266 g/mol. The normalized spacial score (nSPS) is 12.4. The first-order valence-corrected chi connectivity index (χ1v) is 6.96. The van der Waals surface area contributed by atoms with Crippen molar-refractivity contribution in [2.24, 2.45) is 14.1 Å². The van der Waals surface area contributed by atoms with Crippen LogP contribution in [-0.4, -0.2) is 9.13 Å². The van der Waals surface area contributed by atoms with E-state index in [0.29, 0.717) is 12.2 Å². The molecule has 0 saturated carbocycles. The number of benzene rings is 1. The number of nitrogens with zero attached hydrogens (tertiary/aromatic N) is 2. The third-order valence-electron chi connectivity index (χ3n) is 3.76. The molecule has 0 amide bonds. The van der Waals surface area contributed by atoms with Gasteiger partial charge in [-0.1, -0.05) is 29.8 Å². The van der Waals surface area contributed by atoms with Gasteiger partial charge in [0, 0.05) is 38.4 Å². The Bertz CT molecular complexity index is 759. The lowest BCUT2D eigenvalue weighted by Crippen LogP contribution is -2.39. The molecule has 0 spiro atoms. The molecule has 1 atom stereocenters. The Labute approximate surface area is 123 Å². The molecule has 0 unspecified atom stereocenters. The second kappa shape index (κ2) is 6.10. The molecule has 0 aliphatic heterocycles. The zero-order valence-corrected chi connectivity index (χ0v) is 12.9. The van der Waals surface area contributed by atoms with Gasteiger partial charge in [-0.25, -0.2) is 4.79 Å². The van der Waals surface area contributed by atoms with Crippen LogP contribution in [0.5, 0.6) is 0 Å². The van der Waals surface area contributed by atoms with Crippen molar-refractivity contribution < 1.29 is 0 Å². The van der Waals surface area contributed by atoms with E-state index < -0.39 is 0 Å². The number of hydrogen-bond donors (Lipinski definition) is 1. The van der Waals surface area contributed by atoms with E-state index in [2.05, 4.69) is 37.4 Å². The molecule has 2 aromatic rings. The highest BCUT2D eigenvalue weighted by Crippen LogP contribution is 2.14. The maximum atomic E-state index is 11.9. The summed E-state index contributed by atoms with van der Waals surface area (Å²) >= 11 is 0. The molecule has 0 aliphatic carbocycles. The van der Waals surface area contributed by atoms with Gasteiger partial charge >= 0.3 is 5.69 Å². The zero-order valence-electron chi connectivity index (χ0n) is 12.9. The largest absolute Gasteiger partial charge is 0.330 e. The second-order valence-corrected chi connectivity index (χ2v) is 5.39. The molecule has 0 saturated heterocycles. The minimum atomic E-state index is -0.303. The molecule has 1 N–H and O–H groups in total. The molecular formula is C16H21N3O2. The molecule has 112 valence electrons. The molecule has 1 aromatic carbocycles. The van der Waals surface area contributed by atoms with Gasteiger partial charge in [-0.15, -0.1) is 0 Å². The Morgan fingerprint density at radius 3 is 2.52 bits per heavy atom. The standard InChI is InChI=1S/C16H21N3O2/c1-11-6-5-7-13(8-11)12(2)17-10-14-9-15(20)19(4)16(21)18(14)3/h5-9,12,17H,10H2,1-4H3/t12-/m1/s1. The highest BCUT2D eigenvalue weighted by molar-refractivity contribution is 5.24. The van der Waals surface area contributed by atoms with Crippen molar-refractivity contribution in [1.82, 2.24) is 14.5 Å². The summed E-state index contributed by atoms with van der Waals surface area (Å²) in [6.45, 7) is 4.59. The van der Waals surface area contributed by atoms with Crippen molar-refractivity contribution in [3.05, 3.63) is 68.0 Å². The van der Waals surface area contributed by atoms with Crippen LogP contribution in [-0.2, 0) is 20.6 Å². The van der Waals surface area contributed by atoms with Gasteiger partial charge in [0.15, 0.2) is 0 Å². The third kappa shape index (κ3) is 3.31. The van der Waals surface area contributed by atoms with Gasteiger partial charge < -0.3 is 5.32 Å². The summed E-state index contributed by atoms with van der Waals surface area (Å²) in [5, 5.41) is 3.35. The summed E-state index contributed by atoms with van der Waals surface area (Å²) in [5.74, 6) is 0. The predicted molar refractivity (Wildman–Crippen MR) is 83.4 cm³/mol. The number of aromatic nitrogens is 2. The van der Waals surface area contributed by atoms with Crippen LogP contribution in [0, 0.1) is 6.92 Å². The van der Waals surface area contributed by atoms with E-state index >= 15 is 0 Å². The van der Waals surface area contributed by atoms with Crippen LogP contribution < -0.4 is 16.6 Å². The lowest BCUT2D eigenvalue weighted by Gasteiger charge is -2.16. The summed E-state index contributed by atoms with van der Waals surface area (Å²) in [6.07, 6.45) is 0. The Morgan fingerprint density at radius 2 is 1.86 bits per heavy atom. The number of aryl methyl sites for hydroxylation is 1. The molecule has 1 heterocycles. The molecule has 0 aliphatic rings. The van der Waals surface area contributed by atoms with Crippen LogP contribution in [0.15, 0.2) is 39.9 Å². The first-order valence-electron chi connectivity index (χ1n) is 6.96. The maximum absolute atomic E-state index is 11.9. The van der Waals surface area contributed by atoms with Gasteiger partial charge in [0.1, 0.15) is 0 Å². The van der Waals surface area contributed by atoms with Gasteiger partial charge in [0.05, 0.1) is 0 Å². The van der Waals surface area contributed by atoms with Gasteiger partial charge in [0.2, 0.25) is 0 Å². The van der Waals surface area contributed by atoms with Crippen molar-refractivity contribution in [3.8, 4) is 0 Å². The van der Waals surface area contributed by atoms with Gasteiger partial charge in [-0.3, -0.25) is 13.9 Å². The predicted octanol–water partition coefficient (Wildman–Crippen LogP) is 1.24.